The number of carbonyl (C=O) groups is 1. The van der Waals surface area contributed by atoms with Gasteiger partial charge in [-0.2, -0.15) is 0 Å². The first-order valence-electron chi connectivity index (χ1n) is 4.99. The SMILES string of the molecule is CN1C(=O)C(F)[C@@](C)(c2scc(Br)c2Cl)N=C1N. The Bertz CT molecular complexity index is 549. The highest BCUT2D eigenvalue weighted by molar-refractivity contribution is 9.10. The Kier molecular flexibility index (Phi) is 3.42. The van der Waals surface area contributed by atoms with Crippen molar-refractivity contribution in [3.05, 3.63) is 19.8 Å². The number of guanidine groups is 1. The molecule has 8 heteroatoms. The lowest BCUT2D eigenvalue weighted by atomic mass is 9.92. The molecule has 1 unspecified atom stereocenters. The summed E-state index contributed by atoms with van der Waals surface area (Å²) in [5.41, 5.74) is 4.27. The molecule has 4 nitrogen and oxygen atoms in total. The Labute approximate surface area is 121 Å². The van der Waals surface area contributed by atoms with Gasteiger partial charge in [0.25, 0.3) is 5.91 Å². The molecule has 0 saturated carbocycles. The lowest BCUT2D eigenvalue weighted by Crippen LogP contribution is -2.54. The lowest BCUT2D eigenvalue weighted by molar-refractivity contribution is -0.135. The summed E-state index contributed by atoms with van der Waals surface area (Å²) in [6, 6.07) is 0. The summed E-state index contributed by atoms with van der Waals surface area (Å²) in [6.45, 7) is 1.51. The minimum atomic E-state index is -1.81. The third-order valence-corrected chi connectivity index (χ3v) is 5.75. The predicted molar refractivity (Wildman–Crippen MR) is 73.7 cm³/mol. The van der Waals surface area contributed by atoms with Gasteiger partial charge in [-0.15, -0.1) is 11.3 Å². The van der Waals surface area contributed by atoms with Crippen LogP contribution in [0.3, 0.4) is 0 Å². The summed E-state index contributed by atoms with van der Waals surface area (Å²) in [5.74, 6) is -0.734. The first-order valence-corrected chi connectivity index (χ1v) is 7.04. The molecule has 2 N–H and O–H groups in total. The highest BCUT2D eigenvalue weighted by Crippen LogP contribution is 2.45. The van der Waals surface area contributed by atoms with E-state index in [-0.39, 0.29) is 5.96 Å². The van der Waals surface area contributed by atoms with E-state index in [0.29, 0.717) is 14.4 Å². The standard InChI is InChI=1S/C10H10BrClFN3OS/c1-10(7-5(12)4(11)3-18-7)6(13)8(17)16(2)9(14)15-10/h3,6H,1-2H3,(H2,14,15)/t6?,10-/m0/s1. The van der Waals surface area contributed by atoms with E-state index in [9.17, 15) is 9.18 Å². The molecule has 98 valence electrons. The molecule has 2 atom stereocenters. The van der Waals surface area contributed by atoms with Crippen LogP contribution in [0, 0.1) is 0 Å². The highest BCUT2D eigenvalue weighted by atomic mass is 79.9. The number of nitrogens with two attached hydrogens (primary N) is 1. The Morgan fingerprint density at radius 3 is 2.83 bits per heavy atom. The minimum Gasteiger partial charge on any atom is -0.369 e. The van der Waals surface area contributed by atoms with E-state index in [2.05, 4.69) is 20.9 Å². The molecule has 1 aliphatic heterocycles. The molecule has 1 amide bonds. The number of nitrogens with zero attached hydrogens (tertiary/aromatic N) is 2. The zero-order valence-corrected chi connectivity index (χ0v) is 12.7. The van der Waals surface area contributed by atoms with Crippen LogP contribution in [-0.4, -0.2) is 30.0 Å². The molecule has 1 aromatic rings. The number of hydrogen-bond donors (Lipinski definition) is 1. The number of amides is 1. The van der Waals surface area contributed by atoms with E-state index >= 15 is 0 Å². The number of alkyl halides is 1. The van der Waals surface area contributed by atoms with Crippen molar-refractivity contribution in [1.82, 2.24) is 4.90 Å². The molecule has 2 rings (SSSR count). The number of aliphatic imine (C=N–C) groups is 1. The summed E-state index contributed by atoms with van der Waals surface area (Å²) in [4.78, 5) is 17.4. The molecular weight excluding hydrogens is 345 g/mol. The Morgan fingerprint density at radius 2 is 2.33 bits per heavy atom. The Hall–Kier alpha value is -0.660. The largest absolute Gasteiger partial charge is 0.369 e. The molecule has 2 heterocycles. The minimum absolute atomic E-state index is 0.0167. The van der Waals surface area contributed by atoms with Gasteiger partial charge < -0.3 is 5.73 Å². The number of halogens is 3. The van der Waals surface area contributed by atoms with E-state index < -0.39 is 17.6 Å². The number of rotatable bonds is 1. The van der Waals surface area contributed by atoms with Crippen LogP contribution in [0.25, 0.3) is 0 Å². The number of carbonyl (C=O) groups excluding carboxylic acids is 1. The van der Waals surface area contributed by atoms with Crippen LogP contribution in [0.2, 0.25) is 5.02 Å². The van der Waals surface area contributed by atoms with Crippen LogP contribution in [0.5, 0.6) is 0 Å². The van der Waals surface area contributed by atoms with Crippen molar-refractivity contribution in [3.63, 3.8) is 0 Å². The van der Waals surface area contributed by atoms with Crippen LogP contribution < -0.4 is 5.73 Å². The molecule has 18 heavy (non-hydrogen) atoms. The summed E-state index contributed by atoms with van der Waals surface area (Å²) in [7, 11) is 1.39. The fourth-order valence-corrected chi connectivity index (χ4v) is 3.72. The van der Waals surface area contributed by atoms with Gasteiger partial charge in [0.2, 0.25) is 6.17 Å². The third kappa shape index (κ3) is 1.85. The van der Waals surface area contributed by atoms with Gasteiger partial charge in [-0.3, -0.25) is 9.69 Å². The van der Waals surface area contributed by atoms with Gasteiger partial charge in [-0.25, -0.2) is 9.38 Å². The van der Waals surface area contributed by atoms with Crippen LogP contribution in [-0.2, 0) is 10.3 Å². The zero-order valence-electron chi connectivity index (χ0n) is 9.58. The van der Waals surface area contributed by atoms with Gasteiger partial charge in [0.1, 0.15) is 5.54 Å². The Balaban J connectivity index is 2.60. The quantitative estimate of drug-likeness (QED) is 0.842. The van der Waals surface area contributed by atoms with Crippen LogP contribution in [0.15, 0.2) is 14.8 Å². The molecule has 0 spiro atoms. The molecule has 1 aliphatic rings. The average molecular weight is 355 g/mol. The second-order valence-corrected chi connectivity index (χ2v) is 6.22. The molecule has 1 aromatic heterocycles. The molecule has 0 fully saturated rings. The van der Waals surface area contributed by atoms with Crippen molar-refractivity contribution >= 4 is 50.7 Å². The summed E-state index contributed by atoms with van der Waals surface area (Å²) in [5, 5.41) is 2.09. The Morgan fingerprint density at radius 1 is 1.72 bits per heavy atom. The monoisotopic (exact) mass is 353 g/mol. The fourth-order valence-electron chi connectivity index (χ4n) is 1.72. The maximum absolute atomic E-state index is 14.3. The summed E-state index contributed by atoms with van der Waals surface area (Å²) < 4.78 is 15.0. The second-order valence-electron chi connectivity index (χ2n) is 4.10. The van der Waals surface area contributed by atoms with Crippen molar-refractivity contribution in [3.8, 4) is 0 Å². The van der Waals surface area contributed by atoms with Crippen molar-refractivity contribution in [1.29, 1.82) is 0 Å². The van der Waals surface area contributed by atoms with Crippen LogP contribution in [0.4, 0.5) is 4.39 Å². The van der Waals surface area contributed by atoms with Gasteiger partial charge in [0.15, 0.2) is 5.96 Å². The van der Waals surface area contributed by atoms with Gasteiger partial charge >= 0.3 is 0 Å². The van der Waals surface area contributed by atoms with Crippen LogP contribution in [0.1, 0.15) is 11.8 Å². The smallest absolute Gasteiger partial charge is 0.266 e. The first-order chi connectivity index (χ1) is 8.29. The predicted octanol–water partition coefficient (Wildman–Crippen LogP) is 2.50. The van der Waals surface area contributed by atoms with Gasteiger partial charge in [0, 0.05) is 16.9 Å². The molecule has 0 aliphatic carbocycles. The normalized spacial score (nSPS) is 28.5. The van der Waals surface area contributed by atoms with Gasteiger partial charge in [0.05, 0.1) is 9.90 Å². The molecular formula is C10H10BrClFN3OS. The second kappa shape index (κ2) is 4.47. The number of hydrogen-bond acceptors (Lipinski definition) is 4. The zero-order chi connectivity index (χ0) is 13.7. The topological polar surface area (TPSA) is 58.7 Å². The van der Waals surface area contributed by atoms with E-state index in [4.69, 9.17) is 17.3 Å². The lowest BCUT2D eigenvalue weighted by Gasteiger charge is -2.35. The molecule has 0 bridgehead atoms. The van der Waals surface area contributed by atoms with E-state index in [1.54, 1.807) is 5.38 Å². The molecule has 0 saturated heterocycles. The average Bonchev–Trinajstić information content (AvgIpc) is 2.65. The maximum atomic E-state index is 14.3. The van der Waals surface area contributed by atoms with Crippen molar-refractivity contribution in [2.45, 2.75) is 18.6 Å². The summed E-state index contributed by atoms with van der Waals surface area (Å²) in [6.07, 6.45) is -1.81. The third-order valence-electron chi connectivity index (χ3n) is 2.88. The number of thiophene rings is 1. The van der Waals surface area contributed by atoms with Crippen molar-refractivity contribution in [2.75, 3.05) is 7.05 Å². The van der Waals surface area contributed by atoms with E-state index in [1.165, 1.54) is 25.3 Å². The van der Waals surface area contributed by atoms with Gasteiger partial charge in [-0.1, -0.05) is 11.6 Å². The fraction of sp³-hybridized carbons (Fsp3) is 0.400. The summed E-state index contributed by atoms with van der Waals surface area (Å²) >= 11 is 10.6. The van der Waals surface area contributed by atoms with Gasteiger partial charge in [-0.05, 0) is 22.9 Å². The highest BCUT2D eigenvalue weighted by Gasteiger charge is 2.49. The van der Waals surface area contributed by atoms with Crippen molar-refractivity contribution < 1.29 is 9.18 Å². The molecule has 0 radical (unpaired) electrons. The van der Waals surface area contributed by atoms with Crippen LogP contribution >= 0.6 is 38.9 Å². The maximum Gasteiger partial charge on any atom is 0.266 e. The van der Waals surface area contributed by atoms with E-state index in [1.807, 2.05) is 0 Å². The van der Waals surface area contributed by atoms with Crippen molar-refractivity contribution in [2.24, 2.45) is 10.7 Å². The first kappa shape index (κ1) is 13.8. The van der Waals surface area contributed by atoms with E-state index in [0.717, 1.165) is 4.90 Å². The molecule has 0 aromatic carbocycles.